The molecule has 0 atom stereocenters. The van der Waals surface area contributed by atoms with Crippen molar-refractivity contribution in [3.63, 3.8) is 0 Å². The molecule has 4 heteroatoms. The van der Waals surface area contributed by atoms with Gasteiger partial charge in [-0.2, -0.15) is 5.26 Å². The van der Waals surface area contributed by atoms with Crippen molar-refractivity contribution in [1.82, 2.24) is 4.98 Å². The van der Waals surface area contributed by atoms with Crippen LogP contribution in [0.3, 0.4) is 0 Å². The zero-order valence-corrected chi connectivity index (χ0v) is 9.34. The predicted octanol–water partition coefficient (Wildman–Crippen LogP) is 2.64. The van der Waals surface area contributed by atoms with E-state index in [4.69, 9.17) is 15.7 Å². The lowest BCUT2D eigenvalue weighted by Crippen LogP contribution is -1.95. The highest BCUT2D eigenvalue weighted by Gasteiger charge is 2.06. The van der Waals surface area contributed by atoms with Crippen LogP contribution in [0.25, 0.3) is 0 Å². The highest BCUT2D eigenvalue weighted by atomic mass is 16.5. The highest BCUT2D eigenvalue weighted by Crippen LogP contribution is 2.27. The number of nitrogens with two attached hydrogens (primary N) is 1. The number of hydrogen-bond acceptors (Lipinski definition) is 4. The van der Waals surface area contributed by atoms with Crippen molar-refractivity contribution >= 4 is 5.69 Å². The van der Waals surface area contributed by atoms with Crippen molar-refractivity contribution in [2.24, 2.45) is 0 Å². The fourth-order valence-electron chi connectivity index (χ4n) is 1.37. The Morgan fingerprint density at radius 1 is 1.35 bits per heavy atom. The van der Waals surface area contributed by atoms with Crippen LogP contribution in [-0.2, 0) is 0 Å². The lowest BCUT2D eigenvalue weighted by Gasteiger charge is -2.09. The third-order valence-corrected chi connectivity index (χ3v) is 2.32. The van der Waals surface area contributed by atoms with Gasteiger partial charge >= 0.3 is 0 Å². The van der Waals surface area contributed by atoms with E-state index in [9.17, 15) is 0 Å². The van der Waals surface area contributed by atoms with E-state index in [2.05, 4.69) is 11.1 Å². The number of nitrogen functional groups attached to an aromatic ring is 1. The number of nitrogens with zero attached hydrogens (tertiary/aromatic N) is 2. The molecule has 0 spiro atoms. The second-order valence-corrected chi connectivity index (χ2v) is 3.59. The number of rotatable bonds is 2. The molecule has 0 aliphatic heterocycles. The Morgan fingerprint density at radius 2 is 2.18 bits per heavy atom. The average molecular weight is 225 g/mol. The van der Waals surface area contributed by atoms with E-state index in [0.717, 1.165) is 5.56 Å². The molecule has 1 aromatic heterocycles. The maximum Gasteiger partial charge on any atom is 0.242 e. The average Bonchev–Trinajstić information content (AvgIpc) is 2.35. The first-order valence-corrected chi connectivity index (χ1v) is 5.10. The van der Waals surface area contributed by atoms with Gasteiger partial charge in [-0.3, -0.25) is 0 Å². The van der Waals surface area contributed by atoms with Crippen molar-refractivity contribution in [1.29, 1.82) is 5.26 Å². The number of aryl methyl sites for hydroxylation is 1. The van der Waals surface area contributed by atoms with E-state index < -0.39 is 0 Å². The molecule has 0 amide bonds. The fourth-order valence-corrected chi connectivity index (χ4v) is 1.37. The van der Waals surface area contributed by atoms with Crippen LogP contribution < -0.4 is 10.5 Å². The minimum absolute atomic E-state index is 0.352. The lowest BCUT2D eigenvalue weighted by atomic mass is 10.1. The van der Waals surface area contributed by atoms with Crippen LogP contribution in [-0.4, -0.2) is 4.98 Å². The van der Waals surface area contributed by atoms with E-state index in [0.29, 0.717) is 22.9 Å². The first-order chi connectivity index (χ1) is 8.20. The molecule has 17 heavy (non-hydrogen) atoms. The van der Waals surface area contributed by atoms with Gasteiger partial charge in [0.1, 0.15) is 5.75 Å². The summed E-state index contributed by atoms with van der Waals surface area (Å²) in [6, 6.07) is 10.8. The van der Waals surface area contributed by atoms with Crippen LogP contribution >= 0.6 is 0 Å². The van der Waals surface area contributed by atoms with Crippen LogP contribution in [0.2, 0.25) is 0 Å². The van der Waals surface area contributed by atoms with E-state index in [1.807, 2.05) is 13.0 Å². The van der Waals surface area contributed by atoms with Crippen molar-refractivity contribution < 1.29 is 4.74 Å². The second-order valence-electron chi connectivity index (χ2n) is 3.59. The number of nitriles is 1. The molecule has 2 rings (SSSR count). The molecule has 0 saturated carbocycles. The molecule has 1 heterocycles. The second kappa shape index (κ2) is 4.54. The summed E-state index contributed by atoms with van der Waals surface area (Å²) in [6.45, 7) is 1.90. The van der Waals surface area contributed by atoms with Crippen LogP contribution in [0.15, 0.2) is 36.5 Å². The molecule has 84 valence electrons. The summed E-state index contributed by atoms with van der Waals surface area (Å²) in [6.07, 6.45) is 1.61. The summed E-state index contributed by atoms with van der Waals surface area (Å²) in [5.74, 6) is 0.945. The lowest BCUT2D eigenvalue weighted by molar-refractivity contribution is 0.462. The predicted molar refractivity (Wildman–Crippen MR) is 64.6 cm³/mol. The standard InChI is InChI=1S/C13H11N3O/c1-9-4-5-10(8-14)7-12(9)17-13-11(15)3-2-6-16-13/h2-7H,15H2,1H3. The van der Waals surface area contributed by atoms with E-state index in [1.165, 1.54) is 0 Å². The monoisotopic (exact) mass is 225 g/mol. The molecule has 1 aromatic carbocycles. The highest BCUT2D eigenvalue weighted by molar-refractivity contribution is 5.51. The Kier molecular flexibility index (Phi) is 2.93. The zero-order valence-electron chi connectivity index (χ0n) is 9.34. The van der Waals surface area contributed by atoms with Crippen LogP contribution in [0, 0.1) is 18.3 Å². The number of pyridine rings is 1. The van der Waals surface area contributed by atoms with Gasteiger partial charge < -0.3 is 10.5 Å². The van der Waals surface area contributed by atoms with E-state index >= 15 is 0 Å². The number of ether oxygens (including phenoxy) is 1. The van der Waals surface area contributed by atoms with Gasteiger partial charge in [-0.05, 0) is 36.8 Å². The minimum Gasteiger partial charge on any atom is -0.437 e. The zero-order chi connectivity index (χ0) is 12.3. The Labute approximate surface area is 99.3 Å². The molecule has 2 aromatic rings. The number of hydrogen-bond donors (Lipinski definition) is 1. The third kappa shape index (κ3) is 2.34. The largest absolute Gasteiger partial charge is 0.437 e. The molecule has 2 N–H and O–H groups in total. The Morgan fingerprint density at radius 3 is 2.88 bits per heavy atom. The van der Waals surface area contributed by atoms with Crippen LogP contribution in [0.5, 0.6) is 11.6 Å². The summed E-state index contributed by atoms with van der Waals surface area (Å²) in [7, 11) is 0. The maximum atomic E-state index is 8.83. The smallest absolute Gasteiger partial charge is 0.242 e. The van der Waals surface area contributed by atoms with E-state index in [1.54, 1.807) is 30.5 Å². The molecule has 0 unspecified atom stereocenters. The first kappa shape index (κ1) is 11.0. The van der Waals surface area contributed by atoms with E-state index in [-0.39, 0.29) is 0 Å². The van der Waals surface area contributed by atoms with Gasteiger partial charge in [-0.25, -0.2) is 4.98 Å². The maximum absolute atomic E-state index is 8.83. The van der Waals surface area contributed by atoms with Crippen molar-refractivity contribution in [2.75, 3.05) is 5.73 Å². The summed E-state index contributed by atoms with van der Waals surface area (Å²) in [5.41, 5.74) is 7.67. The molecule has 0 aliphatic carbocycles. The van der Waals surface area contributed by atoms with Crippen molar-refractivity contribution in [2.45, 2.75) is 6.92 Å². The SMILES string of the molecule is Cc1ccc(C#N)cc1Oc1ncccc1N. The van der Waals surface area contributed by atoms with Crippen molar-refractivity contribution in [3.05, 3.63) is 47.7 Å². The summed E-state index contributed by atoms with van der Waals surface area (Å²) >= 11 is 0. The number of anilines is 1. The Balaban J connectivity index is 2.37. The Bertz CT molecular complexity index is 587. The molecule has 0 saturated heterocycles. The topological polar surface area (TPSA) is 71.9 Å². The van der Waals surface area contributed by atoms with Gasteiger partial charge in [-0.15, -0.1) is 0 Å². The minimum atomic E-state index is 0.352. The van der Waals surface area contributed by atoms with Crippen molar-refractivity contribution in [3.8, 4) is 17.7 Å². The first-order valence-electron chi connectivity index (χ1n) is 5.10. The summed E-state index contributed by atoms with van der Waals surface area (Å²) in [5, 5.41) is 8.83. The van der Waals surface area contributed by atoms with Gasteiger partial charge in [0.25, 0.3) is 0 Å². The molecule has 0 radical (unpaired) electrons. The molecule has 0 bridgehead atoms. The molecule has 0 fully saturated rings. The van der Waals surface area contributed by atoms with Gasteiger partial charge in [0, 0.05) is 6.20 Å². The molecular formula is C13H11N3O. The summed E-state index contributed by atoms with van der Waals surface area (Å²) < 4.78 is 5.60. The molecule has 4 nitrogen and oxygen atoms in total. The molecular weight excluding hydrogens is 214 g/mol. The fraction of sp³-hybridized carbons (Fsp3) is 0.0769. The van der Waals surface area contributed by atoms with Gasteiger partial charge in [0.05, 0.1) is 17.3 Å². The quantitative estimate of drug-likeness (QED) is 0.852. The normalized spacial score (nSPS) is 9.65. The Hall–Kier alpha value is -2.54. The van der Waals surface area contributed by atoms with Gasteiger partial charge in [-0.1, -0.05) is 6.07 Å². The summed E-state index contributed by atoms with van der Waals surface area (Å²) in [4.78, 5) is 4.04. The van der Waals surface area contributed by atoms with Gasteiger partial charge in [0.2, 0.25) is 5.88 Å². The molecule has 0 aliphatic rings. The third-order valence-electron chi connectivity index (χ3n) is 2.32. The number of aromatic nitrogens is 1. The van der Waals surface area contributed by atoms with Crippen LogP contribution in [0.4, 0.5) is 5.69 Å². The van der Waals surface area contributed by atoms with Gasteiger partial charge in [0.15, 0.2) is 0 Å². The van der Waals surface area contributed by atoms with Crippen LogP contribution in [0.1, 0.15) is 11.1 Å². The number of benzene rings is 1.